The van der Waals surface area contributed by atoms with Crippen LogP contribution in [0.15, 0.2) is 139 Å². The molecule has 0 bridgehead atoms. The molecule has 12 nitrogen and oxygen atoms in total. The van der Waals surface area contributed by atoms with E-state index >= 15 is 0 Å². The molecule has 0 aromatic carbocycles. The fourth-order valence-electron chi connectivity index (χ4n) is 10.3. The summed E-state index contributed by atoms with van der Waals surface area (Å²) in [5.74, 6) is -3.24. The molecule has 0 saturated carbocycles. The Bertz CT molecular complexity index is 2340. The van der Waals surface area contributed by atoms with Crippen LogP contribution in [0.5, 0.6) is 0 Å². The van der Waals surface area contributed by atoms with Crippen molar-refractivity contribution in [1.29, 1.82) is 0 Å². The molecular weight excluding hydrogens is 1030 g/mol. The van der Waals surface area contributed by atoms with Gasteiger partial charge < -0.3 is 44.5 Å². The Kier molecular flexibility index (Phi) is 35.6. The molecular formula is C70H110O12. The molecule has 9 atom stereocenters. The summed E-state index contributed by atoms with van der Waals surface area (Å²) in [5.41, 5.74) is 12.1. The van der Waals surface area contributed by atoms with Gasteiger partial charge in [0.25, 0.3) is 0 Å². The van der Waals surface area contributed by atoms with Crippen LogP contribution in [0.4, 0.5) is 0 Å². The van der Waals surface area contributed by atoms with Gasteiger partial charge in [-0.2, -0.15) is 0 Å². The summed E-state index contributed by atoms with van der Waals surface area (Å²) in [7, 11) is 5.63. The van der Waals surface area contributed by atoms with Gasteiger partial charge in [-0.1, -0.05) is 126 Å². The summed E-state index contributed by atoms with van der Waals surface area (Å²) in [6, 6.07) is 0. The van der Waals surface area contributed by atoms with Crippen molar-refractivity contribution in [2.45, 2.75) is 218 Å². The smallest absolute Gasteiger partial charge is 0.204 e. The fraction of sp³-hybridized carbons (Fsp3) is 0.614. The molecule has 0 saturated heterocycles. The number of hydrogen-bond acceptors (Lipinski definition) is 12. The number of Topliss-reactive ketones (excluding diaryl/α,β-unsaturated/α-hetero) is 3. The van der Waals surface area contributed by atoms with Crippen LogP contribution in [0.3, 0.4) is 0 Å². The number of hydrogen-bond donors (Lipinski definition) is 5. The predicted molar refractivity (Wildman–Crippen MR) is 335 cm³/mol. The third-order valence-electron chi connectivity index (χ3n) is 16.0. The zero-order chi connectivity index (χ0) is 62.4. The van der Waals surface area contributed by atoms with Gasteiger partial charge >= 0.3 is 0 Å². The van der Waals surface area contributed by atoms with Crippen molar-refractivity contribution in [1.82, 2.24) is 0 Å². The largest absolute Gasteiger partial charge is 0.502 e. The van der Waals surface area contributed by atoms with E-state index in [1.807, 2.05) is 6.92 Å². The SMILES string of the molecule is COC1=C(O)C(=O)C(C)C(C/C=C(\C)CC/C=C(\C)CCC=C(C)C)C1O.COC1=C(O)C(=O)C(C)C(C/C=C(\C)CC/C=C(\C)CCC=C(C)C)C1O.COC1=C(OC)C(O)C(C/C=C(\C)CC/C=C(\C)CCC=C(C)C)C(C)C1=O. The van der Waals surface area contributed by atoms with E-state index in [0.29, 0.717) is 19.3 Å². The van der Waals surface area contributed by atoms with E-state index in [0.717, 1.165) is 77.0 Å². The maximum atomic E-state index is 12.5. The van der Waals surface area contributed by atoms with Gasteiger partial charge in [-0.15, -0.1) is 0 Å². The van der Waals surface area contributed by atoms with Gasteiger partial charge in [0.2, 0.25) is 23.1 Å². The average Bonchev–Trinajstić information content (AvgIpc) is 3.58. The summed E-state index contributed by atoms with van der Waals surface area (Å²) < 4.78 is 20.5. The van der Waals surface area contributed by atoms with E-state index in [-0.39, 0.29) is 64.1 Å². The molecule has 0 heterocycles. The fourth-order valence-corrected chi connectivity index (χ4v) is 10.3. The molecule has 0 amide bonds. The molecule has 3 aliphatic rings. The van der Waals surface area contributed by atoms with E-state index in [4.69, 9.17) is 18.9 Å². The molecule has 9 unspecified atom stereocenters. The van der Waals surface area contributed by atoms with Crippen LogP contribution in [0, 0.1) is 35.5 Å². The minimum absolute atomic E-state index is 0.0101. The summed E-state index contributed by atoms with van der Waals surface area (Å²) in [4.78, 5) is 36.8. The van der Waals surface area contributed by atoms with Crippen LogP contribution in [0.25, 0.3) is 0 Å². The van der Waals surface area contributed by atoms with Crippen LogP contribution >= 0.6 is 0 Å². The molecule has 3 aliphatic carbocycles. The molecule has 5 N–H and O–H groups in total. The lowest BCUT2D eigenvalue weighted by Crippen LogP contribution is -2.40. The zero-order valence-electron chi connectivity index (χ0n) is 54.1. The highest BCUT2D eigenvalue weighted by Gasteiger charge is 2.44. The number of carbonyl (C=O) groups is 3. The van der Waals surface area contributed by atoms with E-state index in [1.54, 1.807) is 13.8 Å². The number of ether oxygens (including phenoxy) is 4. The highest BCUT2D eigenvalue weighted by Crippen LogP contribution is 2.37. The van der Waals surface area contributed by atoms with Gasteiger partial charge in [-0.25, -0.2) is 0 Å². The summed E-state index contributed by atoms with van der Waals surface area (Å²) in [6.45, 7) is 30.9. The molecule has 0 spiro atoms. The Morgan fingerprint density at radius 1 is 0.354 bits per heavy atom. The van der Waals surface area contributed by atoms with Crippen LogP contribution in [-0.4, -0.2) is 89.6 Å². The molecule has 12 heteroatoms. The van der Waals surface area contributed by atoms with Crippen molar-refractivity contribution in [2.75, 3.05) is 28.4 Å². The molecule has 462 valence electrons. The highest BCUT2D eigenvalue weighted by atomic mass is 16.5. The minimum atomic E-state index is -0.955. The zero-order valence-corrected chi connectivity index (χ0v) is 54.1. The molecule has 0 fully saturated rings. The minimum Gasteiger partial charge on any atom is -0.502 e. The second kappa shape index (κ2) is 39.2. The van der Waals surface area contributed by atoms with Gasteiger partial charge in [0, 0.05) is 35.5 Å². The third kappa shape index (κ3) is 25.6. The van der Waals surface area contributed by atoms with Crippen LogP contribution in [0.1, 0.15) is 200 Å². The number of rotatable bonds is 28. The Labute approximate surface area is 496 Å². The first kappa shape index (κ1) is 74.6. The van der Waals surface area contributed by atoms with Crippen molar-refractivity contribution < 1.29 is 58.9 Å². The first-order valence-electron chi connectivity index (χ1n) is 29.9. The monoisotopic (exact) mass is 1140 g/mol. The van der Waals surface area contributed by atoms with Crippen molar-refractivity contribution in [3.8, 4) is 0 Å². The van der Waals surface area contributed by atoms with E-state index in [1.165, 1.54) is 78.6 Å². The normalized spacial score (nSPS) is 24.1. The Hall–Kier alpha value is -5.43. The van der Waals surface area contributed by atoms with Crippen LogP contribution < -0.4 is 0 Å². The van der Waals surface area contributed by atoms with E-state index < -0.39 is 41.7 Å². The van der Waals surface area contributed by atoms with Gasteiger partial charge in [-0.3, -0.25) is 14.4 Å². The van der Waals surface area contributed by atoms with E-state index in [9.17, 15) is 39.9 Å². The van der Waals surface area contributed by atoms with Crippen molar-refractivity contribution in [3.63, 3.8) is 0 Å². The first-order chi connectivity index (χ1) is 38.6. The van der Waals surface area contributed by atoms with Crippen LogP contribution in [0.2, 0.25) is 0 Å². The number of allylic oxidation sites excluding steroid dienone is 21. The van der Waals surface area contributed by atoms with Gasteiger partial charge in [-0.05, 0) is 179 Å². The van der Waals surface area contributed by atoms with Gasteiger partial charge in [0.15, 0.2) is 28.8 Å². The first-order valence-corrected chi connectivity index (χ1v) is 29.9. The summed E-state index contributed by atoms with van der Waals surface area (Å²) >= 11 is 0. The molecule has 3 rings (SSSR count). The summed E-state index contributed by atoms with van der Waals surface area (Å²) in [5, 5.41) is 51.2. The standard InChI is InChI=1S/C24H38O4.2C23H36O4/c1-16(2)10-8-11-17(3)12-9-13-18(4)14-15-20-19(5)21(25)23(27-6)24(28-7)22(20)26;2*1-15(2)9-7-10-16(3)11-8-12-17(4)13-14-19-18(5)20(24)22(26)23(27-6)21(19)25/h10,12,14,19-20,22,26H,8-9,11,13,15H2,1-7H3;2*9,11,13,18-19,21,25-26H,7-8,10,12,14H2,1-6H3/b17-12+,18-14+;2*16-11+,17-13+. The molecule has 0 aliphatic heterocycles. The van der Waals surface area contributed by atoms with Gasteiger partial charge in [0.05, 0.1) is 28.4 Å². The maximum absolute atomic E-state index is 12.5. The quantitative estimate of drug-likeness (QED) is 0.0467. The number of ketones is 3. The van der Waals surface area contributed by atoms with E-state index in [2.05, 4.69) is 138 Å². The lowest BCUT2D eigenvalue weighted by atomic mass is 9.77. The maximum Gasteiger partial charge on any atom is 0.204 e. The lowest BCUT2D eigenvalue weighted by Gasteiger charge is -2.33. The number of carbonyl (C=O) groups excluding carboxylic acids is 3. The molecule has 82 heavy (non-hydrogen) atoms. The molecule has 0 aromatic rings. The number of aliphatic hydroxyl groups is 5. The summed E-state index contributed by atoms with van der Waals surface area (Å²) in [6.07, 6.45) is 31.6. The Morgan fingerprint density at radius 3 is 0.829 bits per heavy atom. The van der Waals surface area contributed by atoms with Crippen molar-refractivity contribution in [2.24, 2.45) is 35.5 Å². The van der Waals surface area contributed by atoms with Gasteiger partial charge in [0.1, 0.15) is 18.3 Å². The van der Waals surface area contributed by atoms with Crippen molar-refractivity contribution in [3.05, 3.63) is 139 Å². The van der Waals surface area contributed by atoms with Crippen LogP contribution in [-0.2, 0) is 33.3 Å². The Morgan fingerprint density at radius 2 is 0.585 bits per heavy atom. The average molecular weight is 1140 g/mol. The predicted octanol–water partition coefficient (Wildman–Crippen LogP) is 16.3. The van der Waals surface area contributed by atoms with Crippen molar-refractivity contribution >= 4 is 17.3 Å². The third-order valence-corrected chi connectivity index (χ3v) is 16.0. The molecule has 0 aromatic heterocycles. The lowest BCUT2D eigenvalue weighted by molar-refractivity contribution is -0.128. The molecule has 0 radical (unpaired) electrons. The highest BCUT2D eigenvalue weighted by molar-refractivity contribution is 5.97. The number of methoxy groups -OCH3 is 4. The topological polar surface area (TPSA) is 189 Å². The Balaban J connectivity index is 0.000000615. The second-order valence-corrected chi connectivity index (χ2v) is 23.8. The number of aliphatic hydroxyl groups excluding tert-OH is 5. The second-order valence-electron chi connectivity index (χ2n) is 23.8.